The first-order valence-electron chi connectivity index (χ1n) is 11.1. The van der Waals surface area contributed by atoms with E-state index < -0.39 is 0 Å². The summed E-state index contributed by atoms with van der Waals surface area (Å²) in [5.41, 5.74) is 2.16. The lowest BCUT2D eigenvalue weighted by Gasteiger charge is -2.26. The zero-order valence-corrected chi connectivity index (χ0v) is 18.6. The van der Waals surface area contributed by atoms with Crippen LogP contribution in [0.2, 0.25) is 0 Å². The molecule has 1 saturated heterocycles. The number of aromatic amines is 1. The van der Waals surface area contributed by atoms with Gasteiger partial charge in [0.15, 0.2) is 0 Å². The van der Waals surface area contributed by atoms with Crippen LogP contribution in [0.25, 0.3) is 10.9 Å². The molecule has 5 nitrogen and oxygen atoms in total. The van der Waals surface area contributed by atoms with Crippen LogP contribution >= 0.6 is 11.9 Å². The molecule has 1 fully saturated rings. The highest BCUT2D eigenvalue weighted by atomic mass is 32.2. The Labute approximate surface area is 187 Å². The number of aryl methyl sites for hydroxylation is 1. The highest BCUT2D eigenvalue weighted by Crippen LogP contribution is 2.22. The van der Waals surface area contributed by atoms with Crippen LogP contribution in [-0.2, 0) is 6.42 Å². The number of ether oxygens (including phenoxy) is 1. The Morgan fingerprint density at radius 2 is 1.90 bits per heavy atom. The molecule has 3 N–H and O–H groups in total. The molecule has 0 radical (unpaired) electrons. The van der Waals surface area contributed by atoms with Gasteiger partial charge < -0.3 is 19.9 Å². The number of fused-ring (bicyclic) bond motifs is 1. The molecule has 0 bridgehead atoms. The zero-order chi connectivity index (χ0) is 21.3. The first-order valence-corrected chi connectivity index (χ1v) is 11.9. The number of nitrogens with one attached hydrogen (secondary N) is 3. The van der Waals surface area contributed by atoms with Crippen molar-refractivity contribution in [3.05, 3.63) is 60.0 Å². The third kappa shape index (κ3) is 6.71. The molecule has 1 aliphatic heterocycles. The fourth-order valence-corrected chi connectivity index (χ4v) is 4.54. The van der Waals surface area contributed by atoms with Crippen LogP contribution in [0.1, 0.15) is 18.4 Å². The van der Waals surface area contributed by atoms with Crippen molar-refractivity contribution in [1.29, 1.82) is 0 Å². The number of rotatable bonds is 11. The predicted octanol–water partition coefficient (Wildman–Crippen LogP) is 4.21. The quantitative estimate of drug-likeness (QED) is 0.307. The molecule has 0 saturated carbocycles. The summed E-state index contributed by atoms with van der Waals surface area (Å²) in [6.07, 6.45) is 4.95. The second kappa shape index (κ2) is 11.5. The van der Waals surface area contributed by atoms with E-state index in [1.165, 1.54) is 16.5 Å². The van der Waals surface area contributed by atoms with Crippen molar-refractivity contribution in [2.24, 2.45) is 0 Å². The normalized spacial score (nSPS) is 14.9. The Kier molecular flexibility index (Phi) is 8.24. The van der Waals surface area contributed by atoms with Gasteiger partial charge in [0.2, 0.25) is 0 Å². The van der Waals surface area contributed by atoms with E-state index in [1.807, 2.05) is 18.3 Å². The molecule has 0 unspecified atom stereocenters. The summed E-state index contributed by atoms with van der Waals surface area (Å²) in [5, 5.41) is 4.36. The molecular formula is C24H31FN4OS. The molecule has 31 heavy (non-hydrogen) atoms. The monoisotopic (exact) mass is 442 g/mol. The van der Waals surface area contributed by atoms with Crippen molar-refractivity contribution in [2.75, 3.05) is 45.9 Å². The number of piperazine rings is 1. The number of H-pyrrole nitrogens is 1. The van der Waals surface area contributed by atoms with Crippen molar-refractivity contribution >= 4 is 22.9 Å². The van der Waals surface area contributed by atoms with Gasteiger partial charge in [-0.1, -0.05) is 0 Å². The highest BCUT2D eigenvalue weighted by molar-refractivity contribution is 7.97. The minimum absolute atomic E-state index is 0.186. The molecular weight excluding hydrogens is 411 g/mol. The minimum Gasteiger partial charge on any atom is -0.494 e. The third-order valence-electron chi connectivity index (χ3n) is 5.57. The third-order valence-corrected chi connectivity index (χ3v) is 6.42. The van der Waals surface area contributed by atoms with Crippen LogP contribution in [0.4, 0.5) is 4.39 Å². The fraction of sp³-hybridized carbons (Fsp3) is 0.417. The van der Waals surface area contributed by atoms with Gasteiger partial charge in [0.1, 0.15) is 11.6 Å². The summed E-state index contributed by atoms with van der Waals surface area (Å²) in [6, 6.07) is 13.1. The number of hydrogen-bond acceptors (Lipinski definition) is 5. The molecule has 0 atom stereocenters. The van der Waals surface area contributed by atoms with Crippen molar-refractivity contribution < 1.29 is 9.13 Å². The molecule has 3 aromatic rings. The summed E-state index contributed by atoms with van der Waals surface area (Å²) in [6.45, 7) is 7.21. The van der Waals surface area contributed by atoms with E-state index in [0.717, 1.165) is 81.8 Å². The Morgan fingerprint density at radius 3 is 2.74 bits per heavy atom. The van der Waals surface area contributed by atoms with Crippen molar-refractivity contribution in [1.82, 2.24) is 19.9 Å². The van der Waals surface area contributed by atoms with Gasteiger partial charge in [-0.05, 0) is 79.2 Å². The molecule has 4 rings (SSSR count). The lowest BCUT2D eigenvalue weighted by Crippen LogP contribution is -2.43. The van der Waals surface area contributed by atoms with Crippen LogP contribution in [0.5, 0.6) is 5.75 Å². The van der Waals surface area contributed by atoms with E-state index in [4.69, 9.17) is 4.74 Å². The lowest BCUT2D eigenvalue weighted by molar-refractivity contribution is 0.214. The molecule has 2 aromatic carbocycles. The second-order valence-electron chi connectivity index (χ2n) is 7.87. The van der Waals surface area contributed by atoms with Gasteiger partial charge in [0.05, 0.1) is 6.61 Å². The number of halogens is 1. The van der Waals surface area contributed by atoms with Gasteiger partial charge in [0, 0.05) is 61.3 Å². The summed E-state index contributed by atoms with van der Waals surface area (Å²) >= 11 is 1.63. The van der Waals surface area contributed by atoms with Crippen LogP contribution < -0.4 is 14.8 Å². The van der Waals surface area contributed by atoms with Gasteiger partial charge in [-0.15, -0.1) is 0 Å². The van der Waals surface area contributed by atoms with Gasteiger partial charge >= 0.3 is 0 Å². The first-order chi connectivity index (χ1) is 15.3. The SMILES string of the molecule is Fc1ccc2[nH]cc(CCCNSc3ccc(OCCCN4CCNCC4)cc3)c2c1. The fourth-order valence-electron chi connectivity index (χ4n) is 3.86. The molecule has 0 aliphatic carbocycles. The Bertz CT molecular complexity index is 940. The lowest BCUT2D eigenvalue weighted by atomic mass is 10.1. The maximum Gasteiger partial charge on any atom is 0.123 e. The first kappa shape index (κ1) is 22.1. The van der Waals surface area contributed by atoms with Gasteiger partial charge in [-0.3, -0.25) is 4.72 Å². The molecule has 1 aromatic heterocycles. The van der Waals surface area contributed by atoms with Crippen LogP contribution in [-0.4, -0.2) is 55.8 Å². The van der Waals surface area contributed by atoms with E-state index in [0.29, 0.717) is 0 Å². The van der Waals surface area contributed by atoms with Crippen LogP contribution in [0.3, 0.4) is 0 Å². The highest BCUT2D eigenvalue weighted by Gasteiger charge is 2.08. The second-order valence-corrected chi connectivity index (χ2v) is 8.83. The van der Waals surface area contributed by atoms with Gasteiger partial charge in [-0.2, -0.15) is 0 Å². The van der Waals surface area contributed by atoms with Crippen molar-refractivity contribution in [3.8, 4) is 5.75 Å². The average molecular weight is 443 g/mol. The summed E-state index contributed by atoms with van der Waals surface area (Å²) in [4.78, 5) is 6.87. The van der Waals surface area contributed by atoms with Gasteiger partial charge in [-0.25, -0.2) is 4.39 Å². The standard InChI is InChI=1S/C24H31FN4OS/c25-20-4-9-24-23(17-20)19(18-27-24)3-1-10-28-31-22-7-5-21(6-8-22)30-16-2-13-29-14-11-26-12-15-29/h4-9,17-18,26-28H,1-3,10-16H2. The molecule has 0 spiro atoms. The Balaban J connectivity index is 1.11. The topological polar surface area (TPSA) is 52.3 Å². The molecule has 2 heterocycles. The number of nitrogens with zero attached hydrogens (tertiary/aromatic N) is 1. The number of benzene rings is 2. The summed E-state index contributed by atoms with van der Waals surface area (Å²) in [5.74, 6) is 0.741. The van der Waals surface area contributed by atoms with Crippen molar-refractivity contribution in [3.63, 3.8) is 0 Å². The maximum absolute atomic E-state index is 13.5. The molecule has 166 valence electrons. The molecule has 7 heteroatoms. The van der Waals surface area contributed by atoms with Crippen LogP contribution in [0, 0.1) is 5.82 Å². The number of hydrogen-bond donors (Lipinski definition) is 3. The molecule has 0 amide bonds. The largest absolute Gasteiger partial charge is 0.494 e. The average Bonchev–Trinajstić information content (AvgIpc) is 3.20. The van der Waals surface area contributed by atoms with E-state index in [9.17, 15) is 4.39 Å². The van der Waals surface area contributed by atoms with Crippen molar-refractivity contribution in [2.45, 2.75) is 24.2 Å². The smallest absolute Gasteiger partial charge is 0.123 e. The van der Waals surface area contributed by atoms with E-state index in [1.54, 1.807) is 24.1 Å². The summed E-state index contributed by atoms with van der Waals surface area (Å²) in [7, 11) is 0. The van der Waals surface area contributed by atoms with Crippen LogP contribution in [0.15, 0.2) is 53.6 Å². The molecule has 1 aliphatic rings. The Morgan fingerprint density at radius 1 is 1.06 bits per heavy atom. The summed E-state index contributed by atoms with van der Waals surface area (Å²) < 4.78 is 22.8. The van der Waals surface area contributed by atoms with E-state index in [2.05, 4.69) is 32.1 Å². The van der Waals surface area contributed by atoms with Gasteiger partial charge in [0.25, 0.3) is 0 Å². The minimum atomic E-state index is -0.186. The van der Waals surface area contributed by atoms with E-state index >= 15 is 0 Å². The predicted molar refractivity (Wildman–Crippen MR) is 126 cm³/mol. The Hall–Kier alpha value is -2.06. The van der Waals surface area contributed by atoms with E-state index in [-0.39, 0.29) is 5.82 Å². The maximum atomic E-state index is 13.5. The number of aromatic nitrogens is 1. The zero-order valence-electron chi connectivity index (χ0n) is 17.8.